The second-order valence-corrected chi connectivity index (χ2v) is 5.36. The van der Waals surface area contributed by atoms with E-state index in [1.54, 1.807) is 0 Å². The minimum Gasteiger partial charge on any atom is -0.338 e. The molecule has 1 aromatic heterocycles. The maximum Gasteiger partial charge on any atom is 0.108 e. The number of aromatic nitrogens is 2. The summed E-state index contributed by atoms with van der Waals surface area (Å²) < 4.78 is 2.11. The summed E-state index contributed by atoms with van der Waals surface area (Å²) in [6.07, 6.45) is 9.70. The third-order valence-electron chi connectivity index (χ3n) is 3.91. The summed E-state index contributed by atoms with van der Waals surface area (Å²) in [5.41, 5.74) is 1.44. The van der Waals surface area contributed by atoms with Gasteiger partial charge in [0.2, 0.25) is 0 Å². The second-order valence-electron chi connectivity index (χ2n) is 5.36. The maximum absolute atomic E-state index is 4.39. The van der Waals surface area contributed by atoms with Crippen LogP contribution in [0.4, 0.5) is 0 Å². The van der Waals surface area contributed by atoms with Crippen LogP contribution in [-0.2, 0) is 19.9 Å². The first-order chi connectivity index (χ1) is 9.79. The topological polar surface area (TPSA) is 29.9 Å². The molecular formula is C17H25N3. The molecule has 1 N–H and O–H groups in total. The average Bonchev–Trinajstić information content (AvgIpc) is 2.89. The standard InChI is InChI=1S/C17H25N3/c1-18-16(11-12-17-19-13-14-20(17)2)10-6-9-15-7-4-3-5-8-15/h3-5,7-8,13-14,16,18H,6,9-12H2,1-2H3. The number of benzene rings is 1. The molecule has 0 saturated carbocycles. The molecule has 0 spiro atoms. The van der Waals surface area contributed by atoms with E-state index in [1.165, 1.54) is 30.7 Å². The molecule has 1 atom stereocenters. The summed E-state index contributed by atoms with van der Waals surface area (Å²) in [5.74, 6) is 1.17. The van der Waals surface area contributed by atoms with Crippen molar-refractivity contribution in [1.29, 1.82) is 0 Å². The van der Waals surface area contributed by atoms with Gasteiger partial charge in [-0.05, 0) is 38.3 Å². The van der Waals surface area contributed by atoms with E-state index in [0.29, 0.717) is 6.04 Å². The zero-order valence-electron chi connectivity index (χ0n) is 12.5. The Bertz CT molecular complexity index is 490. The van der Waals surface area contributed by atoms with Gasteiger partial charge >= 0.3 is 0 Å². The molecule has 1 unspecified atom stereocenters. The van der Waals surface area contributed by atoms with E-state index >= 15 is 0 Å². The van der Waals surface area contributed by atoms with Crippen LogP contribution in [0, 0.1) is 0 Å². The van der Waals surface area contributed by atoms with Crippen LogP contribution in [0.15, 0.2) is 42.7 Å². The van der Waals surface area contributed by atoms with Gasteiger partial charge in [0, 0.05) is 31.9 Å². The molecule has 0 aliphatic heterocycles. The fourth-order valence-electron chi connectivity index (χ4n) is 2.57. The van der Waals surface area contributed by atoms with E-state index in [2.05, 4.69) is 59.3 Å². The zero-order valence-corrected chi connectivity index (χ0v) is 12.5. The lowest BCUT2D eigenvalue weighted by atomic mass is 10.0. The summed E-state index contributed by atoms with van der Waals surface area (Å²) in [5, 5.41) is 3.43. The quantitative estimate of drug-likeness (QED) is 0.800. The Morgan fingerprint density at radius 2 is 1.95 bits per heavy atom. The van der Waals surface area contributed by atoms with Crippen molar-refractivity contribution >= 4 is 0 Å². The van der Waals surface area contributed by atoms with Gasteiger partial charge in [-0.1, -0.05) is 30.3 Å². The van der Waals surface area contributed by atoms with Crippen molar-refractivity contribution in [3.63, 3.8) is 0 Å². The first kappa shape index (κ1) is 14.8. The number of rotatable bonds is 8. The normalized spacial score (nSPS) is 12.5. The molecule has 108 valence electrons. The zero-order chi connectivity index (χ0) is 14.2. The van der Waals surface area contributed by atoms with Gasteiger partial charge in [0.15, 0.2) is 0 Å². The molecular weight excluding hydrogens is 246 g/mol. The number of nitrogens with zero attached hydrogens (tertiary/aromatic N) is 2. The van der Waals surface area contributed by atoms with Crippen molar-refractivity contribution < 1.29 is 0 Å². The van der Waals surface area contributed by atoms with Gasteiger partial charge in [0.1, 0.15) is 5.82 Å². The molecule has 2 rings (SSSR count). The predicted molar refractivity (Wildman–Crippen MR) is 83.8 cm³/mol. The van der Waals surface area contributed by atoms with E-state index in [9.17, 15) is 0 Å². The van der Waals surface area contributed by atoms with Crippen molar-refractivity contribution in [3.8, 4) is 0 Å². The Morgan fingerprint density at radius 3 is 2.60 bits per heavy atom. The molecule has 0 amide bonds. The van der Waals surface area contributed by atoms with Crippen LogP contribution in [0.2, 0.25) is 0 Å². The largest absolute Gasteiger partial charge is 0.338 e. The van der Waals surface area contributed by atoms with Crippen LogP contribution < -0.4 is 5.32 Å². The van der Waals surface area contributed by atoms with Crippen LogP contribution in [-0.4, -0.2) is 22.6 Å². The molecule has 1 aromatic carbocycles. The molecule has 2 aromatic rings. The molecule has 0 fully saturated rings. The van der Waals surface area contributed by atoms with E-state index in [-0.39, 0.29) is 0 Å². The molecule has 3 heteroatoms. The van der Waals surface area contributed by atoms with Gasteiger partial charge in [-0.15, -0.1) is 0 Å². The van der Waals surface area contributed by atoms with Crippen molar-refractivity contribution in [2.45, 2.75) is 38.1 Å². The second kappa shape index (κ2) is 7.85. The Hall–Kier alpha value is -1.61. The van der Waals surface area contributed by atoms with Crippen LogP contribution in [0.1, 0.15) is 30.7 Å². The molecule has 0 bridgehead atoms. The van der Waals surface area contributed by atoms with Gasteiger partial charge in [0.05, 0.1) is 0 Å². The summed E-state index contributed by atoms with van der Waals surface area (Å²) in [6.45, 7) is 0. The smallest absolute Gasteiger partial charge is 0.108 e. The lowest BCUT2D eigenvalue weighted by Crippen LogP contribution is -2.26. The highest BCUT2D eigenvalue weighted by Gasteiger charge is 2.08. The monoisotopic (exact) mass is 271 g/mol. The Kier molecular flexibility index (Phi) is 5.81. The van der Waals surface area contributed by atoms with E-state index in [4.69, 9.17) is 0 Å². The fraction of sp³-hybridized carbons (Fsp3) is 0.471. The van der Waals surface area contributed by atoms with Gasteiger partial charge in [-0.2, -0.15) is 0 Å². The summed E-state index contributed by atoms with van der Waals surface area (Å²) in [4.78, 5) is 4.39. The van der Waals surface area contributed by atoms with E-state index < -0.39 is 0 Å². The minimum atomic E-state index is 0.579. The highest BCUT2D eigenvalue weighted by molar-refractivity contribution is 5.14. The van der Waals surface area contributed by atoms with Gasteiger partial charge in [-0.3, -0.25) is 0 Å². The van der Waals surface area contributed by atoms with Crippen LogP contribution in [0.5, 0.6) is 0 Å². The minimum absolute atomic E-state index is 0.579. The third-order valence-corrected chi connectivity index (χ3v) is 3.91. The van der Waals surface area contributed by atoms with Crippen molar-refractivity contribution in [2.75, 3.05) is 7.05 Å². The molecule has 0 saturated heterocycles. The first-order valence-corrected chi connectivity index (χ1v) is 7.47. The molecule has 0 aliphatic carbocycles. The lowest BCUT2D eigenvalue weighted by Gasteiger charge is -2.16. The Balaban J connectivity index is 1.71. The number of hydrogen-bond acceptors (Lipinski definition) is 2. The number of aryl methyl sites for hydroxylation is 3. The van der Waals surface area contributed by atoms with Crippen molar-refractivity contribution in [2.24, 2.45) is 7.05 Å². The maximum atomic E-state index is 4.39. The molecule has 0 radical (unpaired) electrons. The summed E-state index contributed by atoms with van der Waals surface area (Å²) in [6, 6.07) is 11.3. The number of imidazole rings is 1. The molecule has 3 nitrogen and oxygen atoms in total. The van der Waals surface area contributed by atoms with Crippen LogP contribution in [0.25, 0.3) is 0 Å². The van der Waals surface area contributed by atoms with Crippen LogP contribution in [0.3, 0.4) is 0 Å². The summed E-state index contributed by atoms with van der Waals surface area (Å²) >= 11 is 0. The summed E-state index contributed by atoms with van der Waals surface area (Å²) in [7, 11) is 4.12. The van der Waals surface area contributed by atoms with Gasteiger partial charge in [-0.25, -0.2) is 4.98 Å². The molecule has 0 aliphatic rings. The van der Waals surface area contributed by atoms with Crippen molar-refractivity contribution in [1.82, 2.24) is 14.9 Å². The van der Waals surface area contributed by atoms with E-state index in [0.717, 1.165) is 12.8 Å². The van der Waals surface area contributed by atoms with Crippen LogP contribution >= 0.6 is 0 Å². The number of hydrogen-bond donors (Lipinski definition) is 1. The average molecular weight is 271 g/mol. The third kappa shape index (κ3) is 4.49. The van der Waals surface area contributed by atoms with Gasteiger partial charge in [0.25, 0.3) is 0 Å². The SMILES string of the molecule is CNC(CCCc1ccccc1)CCc1nccn1C. The molecule has 20 heavy (non-hydrogen) atoms. The molecule has 1 heterocycles. The Labute approximate surface area is 122 Å². The Morgan fingerprint density at radius 1 is 1.15 bits per heavy atom. The van der Waals surface area contributed by atoms with E-state index in [1.807, 2.05) is 12.4 Å². The highest BCUT2D eigenvalue weighted by atomic mass is 15.0. The fourth-order valence-corrected chi connectivity index (χ4v) is 2.57. The highest BCUT2D eigenvalue weighted by Crippen LogP contribution is 2.10. The lowest BCUT2D eigenvalue weighted by molar-refractivity contribution is 0.467. The van der Waals surface area contributed by atoms with Gasteiger partial charge < -0.3 is 9.88 Å². The first-order valence-electron chi connectivity index (χ1n) is 7.47. The number of nitrogens with one attached hydrogen (secondary N) is 1. The predicted octanol–water partition coefficient (Wildman–Crippen LogP) is 2.96. The van der Waals surface area contributed by atoms with Crippen molar-refractivity contribution in [3.05, 3.63) is 54.1 Å².